The number of piperidine rings is 2. The van der Waals surface area contributed by atoms with Crippen molar-refractivity contribution in [1.82, 2.24) is 28.6 Å². The van der Waals surface area contributed by atoms with Gasteiger partial charge in [-0.2, -0.15) is 18.4 Å². The molecule has 4 saturated heterocycles. The van der Waals surface area contributed by atoms with Crippen molar-refractivity contribution in [2.75, 3.05) is 37.8 Å². The van der Waals surface area contributed by atoms with E-state index in [-0.39, 0.29) is 17.0 Å². The number of halogens is 3. The first kappa shape index (κ1) is 32.6. The largest absolute Gasteiger partial charge is 0.598 e. The average Bonchev–Trinajstić information content (AvgIpc) is 3.59. The Kier molecular flexibility index (Phi) is 8.90. The van der Waals surface area contributed by atoms with Crippen LogP contribution >= 0.6 is 11.3 Å². The first-order chi connectivity index (χ1) is 22.5. The van der Waals surface area contributed by atoms with E-state index in [0.717, 1.165) is 80.8 Å². The van der Waals surface area contributed by atoms with E-state index in [1.165, 1.54) is 17.5 Å². The molecule has 1 aromatic carbocycles. The molecule has 7 heterocycles. The van der Waals surface area contributed by atoms with E-state index in [0.29, 0.717) is 33.8 Å². The van der Waals surface area contributed by atoms with E-state index in [4.69, 9.17) is 0 Å². The normalized spacial score (nSPS) is 22.8. The van der Waals surface area contributed by atoms with E-state index in [2.05, 4.69) is 66.0 Å². The second-order valence-electron chi connectivity index (χ2n) is 13.3. The lowest BCUT2D eigenvalue weighted by atomic mass is 9.90. The first-order valence-corrected chi connectivity index (χ1v) is 18.5. The number of hydrogen-bond acceptors (Lipinski definition) is 9. The Bertz CT molecular complexity index is 1800. The third-order valence-corrected chi connectivity index (χ3v) is 12.4. The second-order valence-corrected chi connectivity index (χ2v) is 15.7. The maximum absolute atomic E-state index is 12.9. The van der Waals surface area contributed by atoms with Crippen molar-refractivity contribution >= 4 is 49.6 Å². The van der Waals surface area contributed by atoms with E-state index >= 15 is 0 Å². The van der Waals surface area contributed by atoms with Crippen LogP contribution in [-0.4, -0.2) is 96.0 Å². The molecule has 2 bridgehead atoms. The zero-order valence-corrected chi connectivity index (χ0v) is 28.4. The molecule has 3 aromatic heterocycles. The lowest BCUT2D eigenvalue weighted by Crippen LogP contribution is -2.70. The van der Waals surface area contributed by atoms with E-state index in [1.807, 2.05) is 6.07 Å². The predicted octanol–water partition coefficient (Wildman–Crippen LogP) is 5.45. The number of hydrogen-bond donors (Lipinski definition) is 1. The zero-order chi connectivity index (χ0) is 33.0. The van der Waals surface area contributed by atoms with E-state index in [1.54, 1.807) is 12.3 Å². The molecule has 4 aliphatic rings. The molecule has 0 amide bonds. The minimum absolute atomic E-state index is 0.172. The highest BCUT2D eigenvalue weighted by Gasteiger charge is 2.51. The molecule has 0 saturated carbocycles. The first-order valence-electron chi connectivity index (χ1n) is 16.1. The van der Waals surface area contributed by atoms with Crippen LogP contribution in [0.5, 0.6) is 0 Å². The monoisotopic (exact) mass is 684 g/mol. The van der Waals surface area contributed by atoms with Gasteiger partial charge in [0, 0.05) is 78.5 Å². The number of nitrogens with one attached hydrogen (secondary N) is 1. The van der Waals surface area contributed by atoms with Crippen LogP contribution in [0.25, 0.3) is 21.1 Å². The van der Waals surface area contributed by atoms with Gasteiger partial charge in [-0.3, -0.25) is 9.80 Å². The molecule has 0 aliphatic carbocycles. The second kappa shape index (κ2) is 12.8. The average molecular weight is 685 g/mol. The summed E-state index contributed by atoms with van der Waals surface area (Å²) in [7, 11) is 0. The summed E-state index contributed by atoms with van der Waals surface area (Å²) in [5.74, 6) is 0.600. The van der Waals surface area contributed by atoms with Crippen molar-refractivity contribution < 1.29 is 17.7 Å². The maximum atomic E-state index is 12.9. The Morgan fingerprint density at radius 1 is 1.15 bits per heavy atom. The number of likely N-dealkylation sites (tertiary alicyclic amines) is 1. The Morgan fingerprint density at radius 2 is 1.89 bits per heavy atom. The van der Waals surface area contributed by atoms with Gasteiger partial charge in [-0.15, -0.1) is 15.6 Å². The van der Waals surface area contributed by atoms with Crippen LogP contribution in [0.1, 0.15) is 47.9 Å². The number of benzene rings is 1. The quantitative estimate of drug-likeness (QED) is 0.233. The van der Waals surface area contributed by atoms with Crippen LogP contribution in [0.3, 0.4) is 0 Å². The Morgan fingerprint density at radius 3 is 2.57 bits per heavy atom. The summed E-state index contributed by atoms with van der Waals surface area (Å²) in [6.07, 6.45) is 0.872. The van der Waals surface area contributed by atoms with Crippen molar-refractivity contribution in [3.63, 3.8) is 0 Å². The number of thiophene rings is 1. The molecule has 4 aliphatic heterocycles. The number of nitriles is 1. The molecule has 250 valence electrons. The fraction of sp³-hybridized carbons (Fsp3) is 0.545. The van der Waals surface area contributed by atoms with Gasteiger partial charge in [-0.05, 0) is 62.4 Å². The molecule has 0 spiro atoms. The lowest BCUT2D eigenvalue weighted by molar-refractivity contribution is -0.126. The van der Waals surface area contributed by atoms with E-state index < -0.39 is 24.0 Å². The van der Waals surface area contributed by atoms with Crippen LogP contribution < -0.4 is 5.32 Å². The minimum atomic E-state index is -4.26. The van der Waals surface area contributed by atoms with Gasteiger partial charge in [0.05, 0.1) is 23.9 Å². The van der Waals surface area contributed by atoms with Gasteiger partial charge >= 0.3 is 6.18 Å². The Hall–Kier alpha value is -2.93. The van der Waals surface area contributed by atoms with Gasteiger partial charge in [-0.25, -0.2) is 9.97 Å². The van der Waals surface area contributed by atoms with Crippen molar-refractivity contribution in [3.05, 3.63) is 52.3 Å². The molecule has 4 fully saturated rings. The highest BCUT2D eigenvalue weighted by atomic mass is 32.2. The van der Waals surface area contributed by atoms with Gasteiger partial charge < -0.3 is 14.4 Å². The summed E-state index contributed by atoms with van der Waals surface area (Å²) in [4.78, 5) is 14.3. The molecular formula is C33H39F3N8OS2. The van der Waals surface area contributed by atoms with Crippen LogP contribution in [0.4, 0.5) is 19.0 Å². The summed E-state index contributed by atoms with van der Waals surface area (Å²) < 4.78 is 55.2. The number of anilines is 1. The van der Waals surface area contributed by atoms with Crippen molar-refractivity contribution in [2.24, 2.45) is 0 Å². The molecule has 8 rings (SSSR count). The van der Waals surface area contributed by atoms with Crippen molar-refractivity contribution in [1.29, 1.82) is 5.26 Å². The third-order valence-electron chi connectivity index (χ3n) is 10.2. The van der Waals surface area contributed by atoms with Gasteiger partial charge in [0.25, 0.3) is 0 Å². The molecule has 4 unspecified atom stereocenters. The van der Waals surface area contributed by atoms with Gasteiger partial charge in [0.1, 0.15) is 35.0 Å². The number of nitrogens with zero attached hydrogens (tertiary/aromatic N) is 7. The smallest absolute Gasteiger partial charge is 0.393 e. The highest BCUT2D eigenvalue weighted by Crippen LogP contribution is 2.36. The summed E-state index contributed by atoms with van der Waals surface area (Å²) in [5, 5.41) is 15.3. The molecular weight excluding hydrogens is 646 g/mol. The molecule has 1 N–H and O–H groups in total. The number of piperazine rings is 1. The molecule has 0 radical (unpaired) electrons. The molecule has 14 heteroatoms. The summed E-state index contributed by atoms with van der Waals surface area (Å²) in [5.41, 5.74) is 4.20. The van der Waals surface area contributed by atoms with Gasteiger partial charge in [-0.1, -0.05) is 6.07 Å². The lowest BCUT2D eigenvalue weighted by Gasteiger charge is -2.55. The summed E-state index contributed by atoms with van der Waals surface area (Å²) in [6, 6.07) is 11.5. The third kappa shape index (κ3) is 6.58. The van der Waals surface area contributed by atoms with Crippen LogP contribution in [0.15, 0.2) is 30.6 Å². The van der Waals surface area contributed by atoms with Gasteiger partial charge in [0.15, 0.2) is 0 Å². The number of alkyl halides is 3. The standard InChI is InChI=1S/C33H39F3N8OS2/c1-20(42-17-25-10-26(18-42)44(25)47(3)45)15-43-24(14-37)11-28-21(2)22(4-5-30(28)43)16-41-8-6-23(7-9-41)40-31-29-12-27(13-33(34,35)36)46-32(29)39-19-38-31/h4-5,11-12,19-20,23,25-26H,6-10,13,15-18H2,1-3H3,(H,38,39,40). The maximum Gasteiger partial charge on any atom is 0.393 e. The fourth-order valence-corrected chi connectivity index (χ4v) is 9.90. The van der Waals surface area contributed by atoms with Gasteiger partial charge in [0.2, 0.25) is 0 Å². The van der Waals surface area contributed by atoms with Crippen LogP contribution in [0, 0.1) is 18.3 Å². The molecule has 9 nitrogen and oxygen atoms in total. The molecule has 4 aromatic rings. The number of aromatic nitrogens is 3. The van der Waals surface area contributed by atoms with E-state index in [9.17, 15) is 23.0 Å². The highest BCUT2D eigenvalue weighted by molar-refractivity contribution is 7.88. The minimum Gasteiger partial charge on any atom is -0.598 e. The summed E-state index contributed by atoms with van der Waals surface area (Å²) in [6.45, 7) is 9.50. The predicted molar refractivity (Wildman–Crippen MR) is 180 cm³/mol. The Balaban J connectivity index is 0.984. The zero-order valence-electron chi connectivity index (χ0n) is 26.8. The SMILES string of the molecule is Cc1c(CN2CCC(Nc3ncnc4sc(CC(F)(F)F)cc34)CC2)ccc2c1cc(C#N)n2CC(C)N1CC2CC(C1)N2[S+](C)[O-]. The number of fused-ring (bicyclic) bond motifs is 4. The Labute approximate surface area is 279 Å². The van der Waals surface area contributed by atoms with Crippen molar-refractivity contribution in [2.45, 2.75) is 83.0 Å². The molecule has 4 atom stereocenters. The van der Waals surface area contributed by atoms with Crippen LogP contribution in [0.2, 0.25) is 0 Å². The fourth-order valence-electron chi connectivity index (χ4n) is 7.72. The topological polar surface area (TPSA) is 99.3 Å². The summed E-state index contributed by atoms with van der Waals surface area (Å²) >= 11 is 0.145. The molecule has 47 heavy (non-hydrogen) atoms. The number of aryl methyl sites for hydroxylation is 1. The van der Waals surface area contributed by atoms with Crippen LogP contribution in [-0.2, 0) is 30.9 Å². The van der Waals surface area contributed by atoms with Crippen molar-refractivity contribution in [3.8, 4) is 6.07 Å². The number of rotatable bonds is 9.